The zero-order chi connectivity index (χ0) is 10.8. The fourth-order valence-electron chi connectivity index (χ4n) is 1.90. The summed E-state index contributed by atoms with van der Waals surface area (Å²) in [6.45, 7) is 2.70. The molecule has 1 aromatic rings. The largest absolute Gasteiger partial charge is 0.369 e. The van der Waals surface area contributed by atoms with Crippen molar-refractivity contribution in [3.8, 4) is 0 Å². The number of amides is 1. The first-order chi connectivity index (χ1) is 7.25. The van der Waals surface area contributed by atoms with Gasteiger partial charge >= 0.3 is 0 Å². The van der Waals surface area contributed by atoms with Crippen molar-refractivity contribution in [1.29, 1.82) is 0 Å². The van der Waals surface area contributed by atoms with E-state index in [0.717, 1.165) is 18.4 Å². The summed E-state index contributed by atoms with van der Waals surface area (Å²) in [5, 5.41) is 9.94. The number of unbranched alkanes of at least 4 members (excludes halogenated alkanes) is 1. The molecule has 0 aromatic heterocycles. The molecule has 15 heavy (non-hydrogen) atoms. The van der Waals surface area contributed by atoms with Crippen LogP contribution in [0.4, 0.5) is 0 Å². The van der Waals surface area contributed by atoms with E-state index in [4.69, 9.17) is 0 Å². The number of fused-ring (bicyclic) bond motifs is 1. The molecule has 3 nitrogen and oxygen atoms in total. The first-order valence-electron chi connectivity index (χ1n) is 5.33. The first-order valence-corrected chi connectivity index (χ1v) is 5.33. The minimum atomic E-state index is -0.750. The molecule has 3 heteroatoms. The smallest absolute Gasteiger partial charge is 0.256 e. The van der Waals surface area contributed by atoms with Gasteiger partial charge in [0.05, 0.1) is 0 Å². The van der Waals surface area contributed by atoms with Gasteiger partial charge in [-0.05, 0) is 12.5 Å². The summed E-state index contributed by atoms with van der Waals surface area (Å²) in [4.78, 5) is 13.4. The summed E-state index contributed by atoms with van der Waals surface area (Å²) in [7, 11) is 0. The summed E-state index contributed by atoms with van der Waals surface area (Å²) in [5.74, 6) is -0.0495. The lowest BCUT2D eigenvalue weighted by Crippen LogP contribution is -2.28. The van der Waals surface area contributed by atoms with Crippen molar-refractivity contribution in [1.82, 2.24) is 4.90 Å². The van der Waals surface area contributed by atoms with Gasteiger partial charge in [0, 0.05) is 17.7 Å². The zero-order valence-electron chi connectivity index (χ0n) is 8.81. The van der Waals surface area contributed by atoms with E-state index in [1.54, 1.807) is 6.07 Å². The monoisotopic (exact) mass is 205 g/mol. The third kappa shape index (κ3) is 1.63. The number of rotatable bonds is 3. The van der Waals surface area contributed by atoms with Crippen LogP contribution >= 0.6 is 0 Å². The lowest BCUT2D eigenvalue weighted by Gasteiger charge is -2.20. The molecule has 1 aliphatic heterocycles. The van der Waals surface area contributed by atoms with Crippen LogP contribution in [0.3, 0.4) is 0 Å². The maximum atomic E-state index is 11.9. The number of carbonyl (C=O) groups is 1. The molecular formula is C12H15NO2. The van der Waals surface area contributed by atoms with Crippen LogP contribution in [-0.2, 0) is 0 Å². The van der Waals surface area contributed by atoms with Crippen molar-refractivity contribution in [3.05, 3.63) is 35.4 Å². The minimum absolute atomic E-state index is 0.0495. The highest BCUT2D eigenvalue weighted by atomic mass is 16.3. The van der Waals surface area contributed by atoms with Crippen LogP contribution in [0.25, 0.3) is 0 Å². The second kappa shape index (κ2) is 4.03. The van der Waals surface area contributed by atoms with Crippen molar-refractivity contribution >= 4 is 5.91 Å². The Labute approximate surface area is 89.3 Å². The van der Waals surface area contributed by atoms with E-state index in [-0.39, 0.29) is 5.91 Å². The minimum Gasteiger partial charge on any atom is -0.369 e. The molecular weight excluding hydrogens is 190 g/mol. The third-order valence-electron chi connectivity index (χ3n) is 2.78. The van der Waals surface area contributed by atoms with E-state index < -0.39 is 6.23 Å². The molecule has 1 atom stereocenters. The number of nitrogens with zero attached hydrogens (tertiary/aromatic N) is 1. The molecule has 1 heterocycles. The van der Waals surface area contributed by atoms with Gasteiger partial charge in [0.25, 0.3) is 5.91 Å². The molecule has 80 valence electrons. The van der Waals surface area contributed by atoms with Gasteiger partial charge in [-0.3, -0.25) is 4.79 Å². The molecule has 1 aliphatic rings. The van der Waals surface area contributed by atoms with E-state index in [0.29, 0.717) is 12.1 Å². The van der Waals surface area contributed by atoms with Crippen LogP contribution in [-0.4, -0.2) is 22.5 Å². The summed E-state index contributed by atoms with van der Waals surface area (Å²) >= 11 is 0. The van der Waals surface area contributed by atoms with Crippen LogP contribution < -0.4 is 0 Å². The number of aliphatic hydroxyl groups is 1. The van der Waals surface area contributed by atoms with E-state index in [1.165, 1.54) is 4.90 Å². The number of benzene rings is 1. The molecule has 0 saturated heterocycles. The average Bonchev–Trinajstić information content (AvgIpc) is 2.51. The molecule has 2 rings (SSSR count). The zero-order valence-corrected chi connectivity index (χ0v) is 8.81. The van der Waals surface area contributed by atoms with Gasteiger partial charge in [-0.25, -0.2) is 0 Å². The molecule has 0 unspecified atom stereocenters. The van der Waals surface area contributed by atoms with Crippen LogP contribution in [0.5, 0.6) is 0 Å². The van der Waals surface area contributed by atoms with Crippen molar-refractivity contribution in [2.75, 3.05) is 6.54 Å². The highest BCUT2D eigenvalue weighted by molar-refractivity contribution is 5.98. The predicted molar refractivity (Wildman–Crippen MR) is 57.3 cm³/mol. The molecule has 0 bridgehead atoms. The van der Waals surface area contributed by atoms with Crippen LogP contribution in [0.15, 0.2) is 24.3 Å². The van der Waals surface area contributed by atoms with Gasteiger partial charge in [0.15, 0.2) is 6.23 Å². The predicted octanol–water partition coefficient (Wildman–Crippen LogP) is 1.93. The normalized spacial score (nSPS) is 19.5. The first kappa shape index (κ1) is 10.2. The third-order valence-corrected chi connectivity index (χ3v) is 2.78. The van der Waals surface area contributed by atoms with Gasteiger partial charge in [-0.15, -0.1) is 0 Å². The van der Waals surface area contributed by atoms with Crippen LogP contribution in [0.2, 0.25) is 0 Å². The molecule has 0 spiro atoms. The lowest BCUT2D eigenvalue weighted by molar-refractivity contribution is 0.0172. The summed E-state index contributed by atoms with van der Waals surface area (Å²) in [6.07, 6.45) is 1.20. The number of carbonyl (C=O) groups excluding carboxylic acids is 1. The molecule has 0 fully saturated rings. The molecule has 1 amide bonds. The van der Waals surface area contributed by atoms with Crippen molar-refractivity contribution in [2.45, 2.75) is 26.0 Å². The molecule has 0 saturated carbocycles. The molecule has 0 aliphatic carbocycles. The maximum Gasteiger partial charge on any atom is 0.256 e. The number of aliphatic hydroxyl groups excluding tert-OH is 1. The van der Waals surface area contributed by atoms with Crippen LogP contribution in [0.1, 0.15) is 41.9 Å². The Morgan fingerprint density at radius 3 is 2.80 bits per heavy atom. The van der Waals surface area contributed by atoms with Gasteiger partial charge in [-0.1, -0.05) is 31.5 Å². The Bertz CT molecular complexity index is 376. The number of hydrogen-bond donors (Lipinski definition) is 1. The lowest BCUT2D eigenvalue weighted by atomic mass is 10.1. The molecule has 1 N–H and O–H groups in total. The van der Waals surface area contributed by atoms with Crippen molar-refractivity contribution in [2.24, 2.45) is 0 Å². The second-order valence-corrected chi connectivity index (χ2v) is 3.81. The van der Waals surface area contributed by atoms with Crippen LogP contribution in [0, 0.1) is 0 Å². The Kier molecular flexibility index (Phi) is 2.73. The fraction of sp³-hybridized carbons (Fsp3) is 0.417. The quantitative estimate of drug-likeness (QED) is 0.819. The van der Waals surface area contributed by atoms with Gasteiger partial charge in [-0.2, -0.15) is 0 Å². The summed E-state index contributed by atoms with van der Waals surface area (Å²) in [5.41, 5.74) is 1.37. The Morgan fingerprint density at radius 2 is 2.13 bits per heavy atom. The van der Waals surface area contributed by atoms with Crippen molar-refractivity contribution < 1.29 is 9.90 Å². The van der Waals surface area contributed by atoms with Crippen molar-refractivity contribution in [3.63, 3.8) is 0 Å². The van der Waals surface area contributed by atoms with Gasteiger partial charge in [0.1, 0.15) is 0 Å². The van der Waals surface area contributed by atoms with Gasteiger partial charge in [0.2, 0.25) is 0 Å². The standard InChI is InChI=1S/C12H15NO2/c1-2-3-8-13-11(14)9-6-4-5-7-10(9)12(13)15/h4-7,11,14H,2-3,8H2,1H3/t11-/m1/s1. The average molecular weight is 205 g/mol. The summed E-state index contributed by atoms with van der Waals surface area (Å²) in [6, 6.07) is 7.25. The SMILES string of the molecule is CCCCN1C(=O)c2ccccc2[C@H]1O. The highest BCUT2D eigenvalue weighted by Gasteiger charge is 2.34. The van der Waals surface area contributed by atoms with Gasteiger partial charge < -0.3 is 10.0 Å². The van der Waals surface area contributed by atoms with E-state index >= 15 is 0 Å². The Morgan fingerprint density at radius 1 is 1.40 bits per heavy atom. The maximum absolute atomic E-state index is 11.9. The molecule has 0 radical (unpaired) electrons. The van der Waals surface area contributed by atoms with E-state index in [1.807, 2.05) is 18.2 Å². The van der Waals surface area contributed by atoms with E-state index in [2.05, 4.69) is 6.92 Å². The highest BCUT2D eigenvalue weighted by Crippen LogP contribution is 2.31. The molecule has 1 aromatic carbocycles. The fourth-order valence-corrected chi connectivity index (χ4v) is 1.90. The Balaban J connectivity index is 2.25. The van der Waals surface area contributed by atoms with E-state index in [9.17, 15) is 9.90 Å². The second-order valence-electron chi connectivity index (χ2n) is 3.81. The Hall–Kier alpha value is -1.35. The summed E-state index contributed by atoms with van der Waals surface area (Å²) < 4.78 is 0. The topological polar surface area (TPSA) is 40.5 Å². The number of hydrogen-bond acceptors (Lipinski definition) is 2.